The van der Waals surface area contributed by atoms with Crippen LogP contribution >= 0.6 is 0 Å². The van der Waals surface area contributed by atoms with E-state index in [1.54, 1.807) is 33.2 Å². The van der Waals surface area contributed by atoms with E-state index < -0.39 is 10.0 Å². The van der Waals surface area contributed by atoms with E-state index in [2.05, 4.69) is 11.9 Å². The molecule has 6 heteroatoms. The molecule has 1 heterocycles. The standard InChI is InChI=1S/C12H20N2O3S/c1-5-6-7-14(4)18(15,16)12-8-11(9-13-3)17-10(12)2/h5,8,13H,1,6-7,9H2,2-4H3. The summed E-state index contributed by atoms with van der Waals surface area (Å²) in [6.45, 7) is 6.17. The van der Waals surface area contributed by atoms with E-state index in [4.69, 9.17) is 4.42 Å². The number of hydrogen-bond donors (Lipinski definition) is 1. The van der Waals surface area contributed by atoms with Crippen molar-refractivity contribution in [1.29, 1.82) is 0 Å². The summed E-state index contributed by atoms with van der Waals surface area (Å²) in [6.07, 6.45) is 2.32. The van der Waals surface area contributed by atoms with E-state index >= 15 is 0 Å². The molecule has 0 fully saturated rings. The van der Waals surface area contributed by atoms with E-state index in [1.807, 2.05) is 0 Å². The van der Waals surface area contributed by atoms with Crippen molar-refractivity contribution in [3.8, 4) is 0 Å². The van der Waals surface area contributed by atoms with Gasteiger partial charge in [0.15, 0.2) is 0 Å². The highest BCUT2D eigenvalue weighted by Gasteiger charge is 2.25. The van der Waals surface area contributed by atoms with Crippen LogP contribution in [0.1, 0.15) is 17.9 Å². The highest BCUT2D eigenvalue weighted by atomic mass is 32.2. The Bertz CT molecular complexity index is 505. The molecule has 1 aromatic heterocycles. The van der Waals surface area contributed by atoms with Gasteiger partial charge in [0.1, 0.15) is 16.4 Å². The Morgan fingerprint density at radius 1 is 1.56 bits per heavy atom. The van der Waals surface area contributed by atoms with Crippen LogP contribution in [0.25, 0.3) is 0 Å². The van der Waals surface area contributed by atoms with E-state index in [1.165, 1.54) is 4.31 Å². The Hall–Kier alpha value is -1.11. The van der Waals surface area contributed by atoms with Crippen LogP contribution in [0.3, 0.4) is 0 Å². The Labute approximate surface area is 109 Å². The highest BCUT2D eigenvalue weighted by molar-refractivity contribution is 7.89. The highest BCUT2D eigenvalue weighted by Crippen LogP contribution is 2.23. The molecule has 0 amide bonds. The molecule has 0 aliphatic heterocycles. The fraction of sp³-hybridized carbons (Fsp3) is 0.500. The zero-order valence-electron chi connectivity index (χ0n) is 11.1. The largest absolute Gasteiger partial charge is 0.464 e. The van der Waals surface area contributed by atoms with Crippen LogP contribution in [0, 0.1) is 6.92 Å². The second-order valence-corrected chi connectivity index (χ2v) is 6.08. The lowest BCUT2D eigenvalue weighted by atomic mass is 10.4. The molecule has 0 saturated heterocycles. The van der Waals surface area contributed by atoms with Gasteiger partial charge in [0.2, 0.25) is 10.0 Å². The Morgan fingerprint density at radius 3 is 2.78 bits per heavy atom. The Morgan fingerprint density at radius 2 is 2.22 bits per heavy atom. The summed E-state index contributed by atoms with van der Waals surface area (Å²) in [5.74, 6) is 1.04. The molecule has 18 heavy (non-hydrogen) atoms. The van der Waals surface area contributed by atoms with Gasteiger partial charge in [-0.2, -0.15) is 0 Å². The van der Waals surface area contributed by atoms with Crippen molar-refractivity contribution in [3.63, 3.8) is 0 Å². The van der Waals surface area contributed by atoms with E-state index in [0.717, 1.165) is 0 Å². The fourth-order valence-electron chi connectivity index (χ4n) is 1.60. The minimum Gasteiger partial charge on any atom is -0.464 e. The number of aryl methyl sites for hydroxylation is 1. The summed E-state index contributed by atoms with van der Waals surface area (Å²) in [5, 5.41) is 2.92. The Kier molecular flexibility index (Phi) is 5.13. The predicted molar refractivity (Wildman–Crippen MR) is 70.8 cm³/mol. The van der Waals surface area contributed by atoms with Crippen LogP contribution in [0.5, 0.6) is 0 Å². The SMILES string of the molecule is C=CCCN(C)S(=O)(=O)c1cc(CNC)oc1C. The first kappa shape index (κ1) is 14.9. The number of rotatable bonds is 7. The van der Waals surface area contributed by atoms with Crippen LogP contribution in [-0.2, 0) is 16.6 Å². The maximum absolute atomic E-state index is 12.3. The molecule has 5 nitrogen and oxygen atoms in total. The third kappa shape index (κ3) is 3.22. The number of sulfonamides is 1. The summed E-state index contributed by atoms with van der Waals surface area (Å²) in [4.78, 5) is 0.235. The summed E-state index contributed by atoms with van der Waals surface area (Å²) >= 11 is 0. The first-order valence-corrected chi connectivity index (χ1v) is 7.18. The maximum Gasteiger partial charge on any atom is 0.246 e. The van der Waals surface area contributed by atoms with Gasteiger partial charge in [-0.1, -0.05) is 6.08 Å². The van der Waals surface area contributed by atoms with E-state index in [0.29, 0.717) is 31.0 Å². The second kappa shape index (κ2) is 6.17. The van der Waals surface area contributed by atoms with Gasteiger partial charge in [0.25, 0.3) is 0 Å². The average molecular weight is 272 g/mol. The molecule has 1 aromatic rings. The first-order chi connectivity index (χ1) is 8.43. The molecule has 1 N–H and O–H groups in total. The number of hydrogen-bond acceptors (Lipinski definition) is 4. The molecule has 102 valence electrons. The average Bonchev–Trinajstić information content (AvgIpc) is 2.68. The zero-order chi connectivity index (χ0) is 13.8. The molecule has 1 rings (SSSR count). The minimum absolute atomic E-state index is 0.235. The molecule has 0 spiro atoms. The lowest BCUT2D eigenvalue weighted by Gasteiger charge is -2.15. The molecule has 0 radical (unpaired) electrons. The van der Waals surface area contributed by atoms with Crippen LogP contribution in [0.2, 0.25) is 0 Å². The van der Waals surface area contributed by atoms with Crippen molar-refractivity contribution >= 4 is 10.0 Å². The van der Waals surface area contributed by atoms with Crippen LogP contribution in [0.15, 0.2) is 28.0 Å². The molecule has 0 aromatic carbocycles. The quantitative estimate of drug-likeness (QED) is 0.764. The number of nitrogens with one attached hydrogen (secondary N) is 1. The predicted octanol–water partition coefficient (Wildman–Crippen LogP) is 1.50. The Balaban J connectivity index is 3.00. The van der Waals surface area contributed by atoms with Gasteiger partial charge in [0.05, 0.1) is 6.54 Å². The zero-order valence-corrected chi connectivity index (χ0v) is 11.9. The smallest absolute Gasteiger partial charge is 0.246 e. The molecular formula is C12H20N2O3S. The van der Waals surface area contributed by atoms with Crippen molar-refractivity contribution in [3.05, 3.63) is 30.2 Å². The van der Waals surface area contributed by atoms with Crippen molar-refractivity contribution in [2.24, 2.45) is 0 Å². The van der Waals surface area contributed by atoms with Crippen molar-refractivity contribution in [1.82, 2.24) is 9.62 Å². The third-order valence-electron chi connectivity index (χ3n) is 2.61. The first-order valence-electron chi connectivity index (χ1n) is 5.74. The van der Waals surface area contributed by atoms with Crippen molar-refractivity contribution in [2.75, 3.05) is 20.6 Å². The fourth-order valence-corrected chi connectivity index (χ4v) is 2.97. The van der Waals surface area contributed by atoms with Gasteiger partial charge in [-0.15, -0.1) is 6.58 Å². The molecule has 0 unspecified atom stereocenters. The molecular weight excluding hydrogens is 252 g/mol. The minimum atomic E-state index is -3.48. The molecule has 0 saturated carbocycles. The van der Waals surface area contributed by atoms with Crippen LogP contribution < -0.4 is 5.32 Å². The maximum atomic E-state index is 12.3. The molecule has 0 aliphatic rings. The monoisotopic (exact) mass is 272 g/mol. The third-order valence-corrected chi connectivity index (χ3v) is 4.57. The summed E-state index contributed by atoms with van der Waals surface area (Å²) < 4.78 is 31.3. The van der Waals surface area contributed by atoms with E-state index in [9.17, 15) is 8.42 Å². The molecule has 0 aliphatic carbocycles. The van der Waals surface area contributed by atoms with Gasteiger partial charge in [-0.3, -0.25) is 0 Å². The second-order valence-electron chi connectivity index (χ2n) is 4.07. The lowest BCUT2D eigenvalue weighted by Crippen LogP contribution is -2.27. The van der Waals surface area contributed by atoms with Crippen LogP contribution in [-0.4, -0.2) is 33.4 Å². The summed E-state index contributed by atoms with van der Waals surface area (Å²) in [6, 6.07) is 1.57. The van der Waals surface area contributed by atoms with Gasteiger partial charge in [-0.25, -0.2) is 12.7 Å². The van der Waals surface area contributed by atoms with E-state index in [-0.39, 0.29) is 4.90 Å². The number of nitrogens with zero attached hydrogens (tertiary/aromatic N) is 1. The van der Waals surface area contributed by atoms with Gasteiger partial charge >= 0.3 is 0 Å². The van der Waals surface area contributed by atoms with Crippen molar-refractivity contribution in [2.45, 2.75) is 24.8 Å². The van der Waals surface area contributed by atoms with Gasteiger partial charge < -0.3 is 9.73 Å². The lowest BCUT2D eigenvalue weighted by molar-refractivity contribution is 0.456. The molecule has 0 bridgehead atoms. The summed E-state index contributed by atoms with van der Waals surface area (Å²) in [7, 11) is -0.137. The normalized spacial score (nSPS) is 12.0. The summed E-state index contributed by atoms with van der Waals surface area (Å²) in [5.41, 5.74) is 0. The topological polar surface area (TPSA) is 62.6 Å². The molecule has 0 atom stereocenters. The van der Waals surface area contributed by atoms with Crippen molar-refractivity contribution < 1.29 is 12.8 Å². The number of furan rings is 1. The van der Waals surface area contributed by atoms with Gasteiger partial charge in [-0.05, 0) is 20.4 Å². The van der Waals surface area contributed by atoms with Gasteiger partial charge in [0, 0.05) is 19.7 Å². The van der Waals surface area contributed by atoms with Crippen LogP contribution in [0.4, 0.5) is 0 Å².